The van der Waals surface area contributed by atoms with Gasteiger partial charge in [0, 0.05) is 32.5 Å². The molecule has 1 aliphatic heterocycles. The van der Waals surface area contributed by atoms with Gasteiger partial charge in [0.2, 0.25) is 23.6 Å². The standard InChI is InChI=1S/C20H26N4O3/c1-4-23-10-11-24(15(3)20(23)26)19(25)9-8-17-21-22-18(27-17)13-16-7-5-6-14(2)12-16/h5-7,12,15H,4,8-11,13H2,1-3H3/t15-/m0/s1. The van der Waals surface area contributed by atoms with Crippen LogP contribution in [0.3, 0.4) is 0 Å². The lowest BCUT2D eigenvalue weighted by Crippen LogP contribution is -2.57. The molecule has 0 bridgehead atoms. The third kappa shape index (κ3) is 4.53. The van der Waals surface area contributed by atoms with Crippen LogP contribution < -0.4 is 0 Å². The molecule has 0 aliphatic carbocycles. The number of carbonyl (C=O) groups excluding carboxylic acids is 2. The summed E-state index contributed by atoms with van der Waals surface area (Å²) in [6.07, 6.45) is 1.22. The summed E-state index contributed by atoms with van der Waals surface area (Å²) in [5.74, 6) is 0.959. The number of carbonyl (C=O) groups is 2. The van der Waals surface area contributed by atoms with E-state index >= 15 is 0 Å². The Morgan fingerprint density at radius 2 is 2.04 bits per heavy atom. The molecule has 0 radical (unpaired) electrons. The average molecular weight is 370 g/mol. The number of likely N-dealkylation sites (N-methyl/N-ethyl adjacent to an activating group) is 1. The first-order valence-electron chi connectivity index (χ1n) is 9.43. The Kier molecular flexibility index (Phi) is 5.88. The lowest BCUT2D eigenvalue weighted by Gasteiger charge is -2.38. The second kappa shape index (κ2) is 8.33. The average Bonchev–Trinajstić information content (AvgIpc) is 3.09. The van der Waals surface area contributed by atoms with Crippen LogP contribution in [0.2, 0.25) is 0 Å². The number of nitrogens with zero attached hydrogens (tertiary/aromatic N) is 4. The highest BCUT2D eigenvalue weighted by Gasteiger charge is 2.33. The van der Waals surface area contributed by atoms with Gasteiger partial charge in [-0.3, -0.25) is 9.59 Å². The number of aryl methyl sites for hydroxylation is 2. The molecule has 0 unspecified atom stereocenters. The van der Waals surface area contributed by atoms with Crippen LogP contribution in [0.25, 0.3) is 0 Å². The van der Waals surface area contributed by atoms with E-state index in [1.165, 1.54) is 5.56 Å². The molecular weight excluding hydrogens is 344 g/mol. The summed E-state index contributed by atoms with van der Waals surface area (Å²) in [5, 5.41) is 8.13. The normalized spacial score (nSPS) is 17.4. The lowest BCUT2D eigenvalue weighted by molar-refractivity contribution is -0.150. The molecule has 1 aromatic carbocycles. The second-order valence-electron chi connectivity index (χ2n) is 6.94. The predicted octanol–water partition coefficient (Wildman–Crippen LogP) is 1.98. The van der Waals surface area contributed by atoms with Crippen molar-refractivity contribution in [1.29, 1.82) is 0 Å². The minimum Gasteiger partial charge on any atom is -0.425 e. The molecule has 0 N–H and O–H groups in total. The number of benzene rings is 1. The molecule has 3 rings (SSSR count). The first kappa shape index (κ1) is 19.1. The highest BCUT2D eigenvalue weighted by Crippen LogP contribution is 2.15. The van der Waals surface area contributed by atoms with Crippen LogP contribution in [0.15, 0.2) is 28.7 Å². The molecule has 7 nitrogen and oxygen atoms in total. The van der Waals surface area contributed by atoms with Crippen molar-refractivity contribution in [2.45, 2.75) is 46.1 Å². The van der Waals surface area contributed by atoms with E-state index in [9.17, 15) is 9.59 Å². The van der Waals surface area contributed by atoms with Crippen molar-refractivity contribution in [1.82, 2.24) is 20.0 Å². The van der Waals surface area contributed by atoms with E-state index in [-0.39, 0.29) is 18.2 Å². The van der Waals surface area contributed by atoms with Crippen molar-refractivity contribution < 1.29 is 14.0 Å². The third-order valence-electron chi connectivity index (χ3n) is 4.95. The highest BCUT2D eigenvalue weighted by molar-refractivity contribution is 5.88. The summed E-state index contributed by atoms with van der Waals surface area (Å²) in [5.41, 5.74) is 2.30. The number of piperazine rings is 1. The summed E-state index contributed by atoms with van der Waals surface area (Å²) in [4.78, 5) is 28.2. The monoisotopic (exact) mass is 370 g/mol. The van der Waals surface area contributed by atoms with Gasteiger partial charge in [-0.15, -0.1) is 10.2 Å². The van der Waals surface area contributed by atoms with Crippen LogP contribution in [-0.4, -0.2) is 57.5 Å². The molecule has 1 saturated heterocycles. The minimum absolute atomic E-state index is 0.00957. The Labute approximate surface area is 159 Å². The van der Waals surface area contributed by atoms with Gasteiger partial charge >= 0.3 is 0 Å². The lowest BCUT2D eigenvalue weighted by atomic mass is 10.1. The zero-order chi connectivity index (χ0) is 19.4. The fourth-order valence-electron chi connectivity index (χ4n) is 3.40. The van der Waals surface area contributed by atoms with Crippen LogP contribution in [0.1, 0.15) is 43.2 Å². The molecule has 1 atom stereocenters. The largest absolute Gasteiger partial charge is 0.425 e. The van der Waals surface area contributed by atoms with Gasteiger partial charge in [-0.05, 0) is 26.3 Å². The van der Waals surface area contributed by atoms with Crippen LogP contribution in [0.4, 0.5) is 0 Å². The van der Waals surface area contributed by atoms with Crippen LogP contribution in [0.5, 0.6) is 0 Å². The summed E-state index contributed by atoms with van der Waals surface area (Å²) < 4.78 is 5.68. The summed E-state index contributed by atoms with van der Waals surface area (Å²) in [6, 6.07) is 7.74. The fourth-order valence-corrected chi connectivity index (χ4v) is 3.40. The maximum absolute atomic E-state index is 12.5. The number of rotatable bonds is 6. The second-order valence-corrected chi connectivity index (χ2v) is 6.94. The Balaban J connectivity index is 1.54. The molecule has 1 aromatic heterocycles. The predicted molar refractivity (Wildman–Crippen MR) is 100 cm³/mol. The summed E-state index contributed by atoms with van der Waals surface area (Å²) >= 11 is 0. The van der Waals surface area contributed by atoms with Crippen molar-refractivity contribution in [2.75, 3.05) is 19.6 Å². The smallest absolute Gasteiger partial charge is 0.245 e. The molecule has 0 spiro atoms. The van der Waals surface area contributed by atoms with E-state index in [0.717, 1.165) is 5.56 Å². The SMILES string of the molecule is CCN1CCN(C(=O)CCc2nnc(Cc3cccc(C)c3)o2)[C@@H](C)C1=O. The van der Waals surface area contributed by atoms with E-state index in [1.807, 2.05) is 32.0 Å². The van der Waals surface area contributed by atoms with Gasteiger partial charge in [-0.2, -0.15) is 0 Å². The maximum Gasteiger partial charge on any atom is 0.245 e. The van der Waals surface area contributed by atoms with Gasteiger partial charge in [-0.25, -0.2) is 0 Å². The molecule has 1 fully saturated rings. The first-order chi connectivity index (χ1) is 13.0. The van der Waals surface area contributed by atoms with Gasteiger partial charge in [0.15, 0.2) is 0 Å². The third-order valence-corrected chi connectivity index (χ3v) is 4.95. The Morgan fingerprint density at radius 3 is 2.78 bits per heavy atom. The van der Waals surface area contributed by atoms with Crippen LogP contribution >= 0.6 is 0 Å². The first-order valence-corrected chi connectivity index (χ1v) is 9.43. The Bertz CT molecular complexity index is 817. The summed E-state index contributed by atoms with van der Waals surface area (Å²) in [6.45, 7) is 7.62. The van der Waals surface area contributed by atoms with Gasteiger partial charge in [0.1, 0.15) is 6.04 Å². The van der Waals surface area contributed by atoms with Crippen molar-refractivity contribution in [2.24, 2.45) is 0 Å². The van der Waals surface area contributed by atoms with E-state index in [1.54, 1.807) is 16.7 Å². The van der Waals surface area contributed by atoms with Gasteiger partial charge in [0.25, 0.3) is 0 Å². The Morgan fingerprint density at radius 1 is 1.26 bits per heavy atom. The number of hydrogen-bond donors (Lipinski definition) is 0. The summed E-state index contributed by atoms with van der Waals surface area (Å²) in [7, 11) is 0. The number of hydrogen-bond acceptors (Lipinski definition) is 5. The fraction of sp³-hybridized carbons (Fsp3) is 0.500. The molecule has 7 heteroatoms. The van der Waals surface area contributed by atoms with E-state index in [0.29, 0.717) is 44.3 Å². The van der Waals surface area contributed by atoms with E-state index in [4.69, 9.17) is 4.42 Å². The van der Waals surface area contributed by atoms with Crippen molar-refractivity contribution >= 4 is 11.8 Å². The minimum atomic E-state index is -0.411. The van der Waals surface area contributed by atoms with Crippen molar-refractivity contribution in [3.63, 3.8) is 0 Å². The van der Waals surface area contributed by atoms with Crippen LogP contribution in [-0.2, 0) is 22.4 Å². The maximum atomic E-state index is 12.5. The molecule has 2 amide bonds. The number of amides is 2. The number of aromatic nitrogens is 2. The topological polar surface area (TPSA) is 79.5 Å². The zero-order valence-corrected chi connectivity index (χ0v) is 16.1. The molecule has 144 valence electrons. The zero-order valence-electron chi connectivity index (χ0n) is 16.1. The van der Waals surface area contributed by atoms with Gasteiger partial charge in [-0.1, -0.05) is 29.8 Å². The quantitative estimate of drug-likeness (QED) is 0.777. The highest BCUT2D eigenvalue weighted by atomic mass is 16.4. The van der Waals surface area contributed by atoms with Crippen LogP contribution in [0, 0.1) is 6.92 Å². The van der Waals surface area contributed by atoms with E-state index in [2.05, 4.69) is 16.3 Å². The molecule has 0 saturated carbocycles. The van der Waals surface area contributed by atoms with E-state index < -0.39 is 6.04 Å². The molecular formula is C20H26N4O3. The van der Waals surface area contributed by atoms with Crippen molar-refractivity contribution in [3.8, 4) is 0 Å². The van der Waals surface area contributed by atoms with Crippen molar-refractivity contribution in [3.05, 3.63) is 47.2 Å². The van der Waals surface area contributed by atoms with Gasteiger partial charge < -0.3 is 14.2 Å². The molecule has 2 aromatic rings. The molecule has 1 aliphatic rings. The Hall–Kier alpha value is -2.70. The molecule has 27 heavy (non-hydrogen) atoms. The molecule has 2 heterocycles. The van der Waals surface area contributed by atoms with Gasteiger partial charge in [0.05, 0.1) is 6.42 Å².